The van der Waals surface area contributed by atoms with Gasteiger partial charge in [0, 0.05) is 37.4 Å². The molecule has 0 unspecified atom stereocenters. The van der Waals surface area contributed by atoms with Gasteiger partial charge in [0.25, 0.3) is 0 Å². The summed E-state index contributed by atoms with van der Waals surface area (Å²) >= 11 is 0. The summed E-state index contributed by atoms with van der Waals surface area (Å²) in [5.41, 5.74) is 4.78. The summed E-state index contributed by atoms with van der Waals surface area (Å²) < 4.78 is 2.01. The Morgan fingerprint density at radius 1 is 1.11 bits per heavy atom. The number of amides is 2. The van der Waals surface area contributed by atoms with Crippen LogP contribution in [0, 0.1) is 26.7 Å². The van der Waals surface area contributed by atoms with E-state index in [0.29, 0.717) is 19.4 Å². The Hall–Kier alpha value is -2.71. The highest BCUT2D eigenvalue weighted by atomic mass is 16.3. The van der Waals surface area contributed by atoms with Crippen LogP contribution in [0.4, 0.5) is 0 Å². The van der Waals surface area contributed by atoms with Crippen LogP contribution >= 0.6 is 0 Å². The Labute approximate surface area is 221 Å². The van der Waals surface area contributed by atoms with Gasteiger partial charge in [-0.25, -0.2) is 4.68 Å². The lowest BCUT2D eigenvalue weighted by Crippen LogP contribution is -2.74. The molecule has 1 aromatic heterocycles. The Morgan fingerprint density at radius 3 is 2.35 bits per heavy atom. The van der Waals surface area contributed by atoms with Crippen molar-refractivity contribution in [1.82, 2.24) is 24.9 Å². The predicted molar refractivity (Wildman–Crippen MR) is 144 cm³/mol. The number of piperazine rings is 1. The van der Waals surface area contributed by atoms with Crippen molar-refractivity contribution in [2.45, 2.75) is 91.5 Å². The molecule has 1 spiro atoms. The fraction of sp³-hybridized carbons (Fsp3) is 0.621. The molecule has 2 aliphatic rings. The van der Waals surface area contributed by atoms with E-state index in [2.05, 4.69) is 62.2 Å². The number of aromatic nitrogens is 2. The van der Waals surface area contributed by atoms with Crippen molar-refractivity contribution in [3.8, 4) is 5.69 Å². The number of likely N-dealkylation sites (tertiary alicyclic amines) is 1. The van der Waals surface area contributed by atoms with Gasteiger partial charge in [0.15, 0.2) is 0 Å². The van der Waals surface area contributed by atoms with Crippen LogP contribution in [0.5, 0.6) is 0 Å². The average Bonchev–Trinajstić information content (AvgIpc) is 3.15. The summed E-state index contributed by atoms with van der Waals surface area (Å²) in [6.07, 6.45) is 2.06. The molecule has 2 amide bonds. The summed E-state index contributed by atoms with van der Waals surface area (Å²) in [6.45, 7) is 14.8. The number of aliphatic hydroxyl groups is 1. The highest BCUT2D eigenvalue weighted by Gasteiger charge is 2.54. The number of aryl methyl sites for hydroxylation is 2. The van der Waals surface area contributed by atoms with Crippen molar-refractivity contribution in [1.29, 1.82) is 0 Å². The molecule has 2 saturated heterocycles. The minimum Gasteiger partial charge on any atom is -0.390 e. The SMILES string of the molecule is CCCCN1C(=O)[C@@H]([C@H](O)C(C)C)NC(=O)C12CCN(Cc1c(C)nn(-c3ccc(C)cc3)c1C)CC2. The maximum atomic E-state index is 13.5. The Kier molecular flexibility index (Phi) is 8.09. The molecule has 2 N–H and O–H groups in total. The van der Waals surface area contributed by atoms with Crippen LogP contribution in [0.3, 0.4) is 0 Å². The second kappa shape index (κ2) is 11.0. The van der Waals surface area contributed by atoms with E-state index >= 15 is 0 Å². The monoisotopic (exact) mass is 509 g/mol. The fourth-order valence-electron chi connectivity index (χ4n) is 5.74. The molecule has 202 valence electrons. The van der Waals surface area contributed by atoms with Crippen LogP contribution < -0.4 is 5.32 Å². The summed E-state index contributed by atoms with van der Waals surface area (Å²) in [6, 6.07) is 7.51. The standard InChI is InChI=1S/C29H43N5O3/c1-7-8-15-33-27(36)25(26(35)19(2)3)30-28(37)29(33)13-16-32(17-14-29)18-24-21(5)31-34(22(24)6)23-11-9-20(4)10-12-23/h9-12,19,25-26,35H,7-8,13-18H2,1-6H3,(H,30,37)/t25-,26-/m1/s1. The fourth-order valence-corrected chi connectivity index (χ4v) is 5.74. The zero-order valence-corrected chi connectivity index (χ0v) is 23.3. The van der Waals surface area contributed by atoms with E-state index in [0.717, 1.165) is 49.6 Å². The molecular formula is C29H43N5O3. The van der Waals surface area contributed by atoms with Gasteiger partial charge in [0.1, 0.15) is 11.6 Å². The molecule has 2 atom stereocenters. The number of rotatable bonds is 8. The van der Waals surface area contributed by atoms with Gasteiger partial charge in [-0.2, -0.15) is 5.10 Å². The number of carbonyl (C=O) groups excluding carboxylic acids is 2. The van der Waals surface area contributed by atoms with Crippen molar-refractivity contribution in [3.63, 3.8) is 0 Å². The van der Waals surface area contributed by atoms with Gasteiger partial charge in [0.2, 0.25) is 11.8 Å². The van der Waals surface area contributed by atoms with Crippen molar-refractivity contribution in [3.05, 3.63) is 46.8 Å². The summed E-state index contributed by atoms with van der Waals surface area (Å²) in [5.74, 6) is -0.383. The number of hydrogen-bond donors (Lipinski definition) is 2. The van der Waals surface area contributed by atoms with E-state index in [1.807, 2.05) is 18.5 Å². The van der Waals surface area contributed by atoms with Crippen molar-refractivity contribution in [2.24, 2.45) is 5.92 Å². The number of hydrogen-bond acceptors (Lipinski definition) is 5. The molecule has 2 aromatic rings. The molecule has 0 aliphatic carbocycles. The highest BCUT2D eigenvalue weighted by molar-refractivity contribution is 6.00. The number of carbonyl (C=O) groups is 2. The molecule has 2 fully saturated rings. The van der Waals surface area contributed by atoms with Gasteiger partial charge in [-0.05, 0) is 58.1 Å². The minimum absolute atomic E-state index is 0.118. The van der Waals surface area contributed by atoms with E-state index in [1.165, 1.54) is 11.1 Å². The first kappa shape index (κ1) is 27.3. The smallest absolute Gasteiger partial charge is 0.248 e. The van der Waals surface area contributed by atoms with Gasteiger partial charge in [-0.1, -0.05) is 44.9 Å². The maximum Gasteiger partial charge on any atom is 0.248 e. The Balaban J connectivity index is 1.51. The van der Waals surface area contributed by atoms with Crippen molar-refractivity contribution < 1.29 is 14.7 Å². The zero-order valence-electron chi connectivity index (χ0n) is 23.3. The second-order valence-corrected chi connectivity index (χ2v) is 11.2. The number of unbranched alkanes of at least 4 members (excludes halogenated alkanes) is 1. The predicted octanol–water partition coefficient (Wildman–Crippen LogP) is 3.28. The number of nitrogens with one attached hydrogen (secondary N) is 1. The number of nitrogens with zero attached hydrogens (tertiary/aromatic N) is 4. The molecule has 1 aromatic carbocycles. The first-order chi connectivity index (χ1) is 17.6. The molecule has 37 heavy (non-hydrogen) atoms. The van der Waals surface area contributed by atoms with Crippen LogP contribution in [0.2, 0.25) is 0 Å². The Morgan fingerprint density at radius 2 is 1.76 bits per heavy atom. The van der Waals surface area contributed by atoms with E-state index in [-0.39, 0.29) is 17.7 Å². The highest BCUT2D eigenvalue weighted by Crippen LogP contribution is 2.35. The number of benzene rings is 1. The zero-order chi connectivity index (χ0) is 26.9. The summed E-state index contributed by atoms with van der Waals surface area (Å²) in [5, 5.41) is 18.4. The summed E-state index contributed by atoms with van der Waals surface area (Å²) in [4.78, 5) is 31.2. The molecule has 2 aliphatic heterocycles. The largest absolute Gasteiger partial charge is 0.390 e. The van der Waals surface area contributed by atoms with Gasteiger partial charge >= 0.3 is 0 Å². The van der Waals surface area contributed by atoms with Gasteiger partial charge < -0.3 is 15.3 Å². The topological polar surface area (TPSA) is 90.7 Å². The minimum atomic E-state index is -0.894. The third kappa shape index (κ3) is 5.18. The number of aliphatic hydroxyl groups excluding tert-OH is 1. The van der Waals surface area contributed by atoms with Gasteiger partial charge in [-0.15, -0.1) is 0 Å². The van der Waals surface area contributed by atoms with E-state index in [4.69, 9.17) is 5.10 Å². The van der Waals surface area contributed by atoms with E-state index < -0.39 is 17.7 Å². The van der Waals surface area contributed by atoms with Crippen LogP contribution in [0.15, 0.2) is 24.3 Å². The quantitative estimate of drug-likeness (QED) is 0.570. The van der Waals surface area contributed by atoms with Crippen molar-refractivity contribution in [2.75, 3.05) is 19.6 Å². The third-order valence-corrected chi connectivity index (χ3v) is 8.30. The molecule has 3 heterocycles. The molecular weight excluding hydrogens is 466 g/mol. The van der Waals surface area contributed by atoms with Gasteiger partial charge in [-0.3, -0.25) is 14.5 Å². The lowest BCUT2D eigenvalue weighted by Gasteiger charge is -2.52. The third-order valence-electron chi connectivity index (χ3n) is 8.30. The lowest BCUT2D eigenvalue weighted by atomic mass is 9.80. The first-order valence-corrected chi connectivity index (χ1v) is 13.7. The molecule has 0 saturated carbocycles. The molecule has 8 heteroatoms. The number of piperidine rings is 1. The van der Waals surface area contributed by atoms with Crippen LogP contribution in [-0.2, 0) is 16.1 Å². The summed E-state index contributed by atoms with van der Waals surface area (Å²) in [7, 11) is 0. The van der Waals surface area contributed by atoms with Gasteiger partial charge in [0.05, 0.1) is 17.5 Å². The van der Waals surface area contributed by atoms with Crippen LogP contribution in [0.1, 0.15) is 69.0 Å². The van der Waals surface area contributed by atoms with Crippen molar-refractivity contribution >= 4 is 11.8 Å². The Bertz CT molecular complexity index is 1120. The maximum absolute atomic E-state index is 13.5. The normalized spacial score (nSPS) is 21.1. The molecule has 8 nitrogen and oxygen atoms in total. The second-order valence-electron chi connectivity index (χ2n) is 11.2. The molecule has 0 bridgehead atoms. The van der Waals surface area contributed by atoms with E-state index in [1.54, 1.807) is 4.90 Å². The van der Waals surface area contributed by atoms with Crippen LogP contribution in [-0.4, -0.2) is 73.8 Å². The molecule has 4 rings (SSSR count). The van der Waals surface area contributed by atoms with Crippen LogP contribution in [0.25, 0.3) is 5.69 Å². The van der Waals surface area contributed by atoms with E-state index in [9.17, 15) is 14.7 Å². The average molecular weight is 510 g/mol. The molecule has 0 radical (unpaired) electrons. The lowest BCUT2D eigenvalue weighted by molar-refractivity contribution is -0.165. The first-order valence-electron chi connectivity index (χ1n) is 13.7.